The van der Waals surface area contributed by atoms with Gasteiger partial charge in [-0.25, -0.2) is 4.39 Å². The molecule has 3 N–H and O–H groups in total. The first-order valence-electron chi connectivity index (χ1n) is 4.79. The number of hydrogen-bond acceptors (Lipinski definition) is 2. The fourth-order valence-corrected chi connectivity index (χ4v) is 2.20. The van der Waals surface area contributed by atoms with Crippen molar-refractivity contribution in [3.8, 4) is 0 Å². The van der Waals surface area contributed by atoms with Crippen LogP contribution in [0.4, 0.5) is 4.39 Å². The van der Waals surface area contributed by atoms with Gasteiger partial charge < -0.3 is 10.8 Å². The van der Waals surface area contributed by atoms with Crippen LogP contribution in [0.2, 0.25) is 0 Å². The predicted molar refractivity (Wildman–Crippen MR) is 52.4 cm³/mol. The highest BCUT2D eigenvalue weighted by Gasteiger charge is 2.43. The maximum Gasteiger partial charge on any atom is 0.123 e. The first kappa shape index (κ1) is 9.62. The van der Waals surface area contributed by atoms with Crippen molar-refractivity contribution in [1.29, 1.82) is 0 Å². The maximum absolute atomic E-state index is 12.7. The van der Waals surface area contributed by atoms with Gasteiger partial charge in [-0.1, -0.05) is 12.1 Å². The van der Waals surface area contributed by atoms with Gasteiger partial charge in [0.15, 0.2) is 0 Å². The fraction of sp³-hybridized carbons (Fsp3) is 0.455. The summed E-state index contributed by atoms with van der Waals surface area (Å²) in [5, 5.41) is 9.33. The lowest BCUT2D eigenvalue weighted by Crippen LogP contribution is -2.51. The third-order valence-electron chi connectivity index (χ3n) is 3.07. The van der Waals surface area contributed by atoms with Gasteiger partial charge in [-0.2, -0.15) is 0 Å². The van der Waals surface area contributed by atoms with E-state index in [0.717, 1.165) is 18.4 Å². The van der Waals surface area contributed by atoms with Gasteiger partial charge >= 0.3 is 0 Å². The Balaban J connectivity index is 2.25. The van der Waals surface area contributed by atoms with E-state index in [4.69, 9.17) is 5.73 Å². The van der Waals surface area contributed by atoms with Crippen LogP contribution in [0.1, 0.15) is 18.4 Å². The van der Waals surface area contributed by atoms with Crippen LogP contribution < -0.4 is 5.73 Å². The zero-order valence-corrected chi connectivity index (χ0v) is 7.91. The van der Waals surface area contributed by atoms with Gasteiger partial charge in [0.1, 0.15) is 5.82 Å². The molecule has 0 heterocycles. The van der Waals surface area contributed by atoms with Crippen LogP contribution in [0.3, 0.4) is 0 Å². The monoisotopic (exact) mass is 195 g/mol. The Hall–Kier alpha value is -0.930. The van der Waals surface area contributed by atoms with Crippen LogP contribution >= 0.6 is 0 Å². The van der Waals surface area contributed by atoms with Gasteiger partial charge in [0.2, 0.25) is 0 Å². The number of rotatable bonds is 2. The molecule has 3 heteroatoms. The fourth-order valence-electron chi connectivity index (χ4n) is 2.20. The molecule has 76 valence electrons. The van der Waals surface area contributed by atoms with Crippen molar-refractivity contribution in [2.45, 2.75) is 24.3 Å². The summed E-state index contributed by atoms with van der Waals surface area (Å²) in [6.07, 6.45) is 1.57. The molecule has 0 radical (unpaired) electrons. The molecule has 14 heavy (non-hydrogen) atoms. The van der Waals surface area contributed by atoms with E-state index in [9.17, 15) is 9.50 Å². The lowest BCUT2D eigenvalue weighted by molar-refractivity contribution is 0.101. The minimum Gasteiger partial charge on any atom is -0.395 e. The molecule has 0 aliphatic heterocycles. The van der Waals surface area contributed by atoms with Gasteiger partial charge in [0.05, 0.1) is 6.61 Å². The second-order valence-corrected chi connectivity index (χ2v) is 4.11. The molecule has 0 unspecified atom stereocenters. The summed E-state index contributed by atoms with van der Waals surface area (Å²) in [6.45, 7) is 0.0896. The molecular weight excluding hydrogens is 181 g/mol. The molecule has 1 saturated carbocycles. The van der Waals surface area contributed by atoms with Crippen LogP contribution in [0.15, 0.2) is 24.3 Å². The average Bonchev–Trinajstić information content (AvgIpc) is 2.14. The van der Waals surface area contributed by atoms with E-state index in [1.807, 2.05) is 0 Å². The van der Waals surface area contributed by atoms with Gasteiger partial charge in [0, 0.05) is 11.5 Å². The van der Waals surface area contributed by atoms with Crippen molar-refractivity contribution >= 4 is 0 Å². The number of halogens is 1. The van der Waals surface area contributed by atoms with Crippen molar-refractivity contribution in [2.75, 3.05) is 6.61 Å². The minimum absolute atomic E-state index is 0.0896. The van der Waals surface area contributed by atoms with Gasteiger partial charge in [-0.05, 0) is 30.5 Å². The van der Waals surface area contributed by atoms with Crippen LogP contribution in [-0.4, -0.2) is 17.8 Å². The third kappa shape index (κ3) is 1.42. The summed E-state index contributed by atoms with van der Waals surface area (Å²) < 4.78 is 12.7. The lowest BCUT2D eigenvalue weighted by atomic mass is 9.62. The number of benzene rings is 1. The molecule has 1 aromatic rings. The standard InChI is InChI=1S/C11H14FNO/c12-9-3-1-8(2-4-9)11(7-14)5-10(13)6-11/h1-4,10,14H,5-7,13H2/t10-,11+. The SMILES string of the molecule is N[C@H]1C[C@@](CO)(c2ccc(F)cc2)C1. The first-order valence-corrected chi connectivity index (χ1v) is 4.79. The highest BCUT2D eigenvalue weighted by atomic mass is 19.1. The van der Waals surface area contributed by atoms with Crippen molar-refractivity contribution in [3.05, 3.63) is 35.6 Å². The largest absolute Gasteiger partial charge is 0.395 e. The zero-order chi connectivity index (χ0) is 10.2. The minimum atomic E-state index is -0.245. The average molecular weight is 195 g/mol. The highest BCUT2D eigenvalue weighted by Crippen LogP contribution is 2.42. The number of nitrogens with two attached hydrogens (primary N) is 1. The summed E-state index contributed by atoms with van der Waals surface area (Å²) >= 11 is 0. The maximum atomic E-state index is 12.7. The van der Waals surface area contributed by atoms with Crippen LogP contribution in [0, 0.1) is 5.82 Å². The summed E-state index contributed by atoms with van der Waals surface area (Å²) in [7, 11) is 0. The lowest BCUT2D eigenvalue weighted by Gasteiger charge is -2.45. The highest BCUT2D eigenvalue weighted by molar-refractivity contribution is 5.30. The van der Waals surface area contributed by atoms with E-state index in [1.54, 1.807) is 12.1 Å². The molecule has 1 fully saturated rings. The zero-order valence-electron chi connectivity index (χ0n) is 7.91. The quantitative estimate of drug-likeness (QED) is 0.744. The molecule has 0 atom stereocenters. The normalized spacial score (nSPS) is 31.2. The molecule has 0 spiro atoms. The van der Waals surface area contributed by atoms with E-state index in [0.29, 0.717) is 0 Å². The van der Waals surface area contributed by atoms with E-state index < -0.39 is 0 Å². The van der Waals surface area contributed by atoms with E-state index in [-0.39, 0.29) is 23.9 Å². The van der Waals surface area contributed by atoms with E-state index >= 15 is 0 Å². The molecule has 0 aromatic heterocycles. The van der Waals surface area contributed by atoms with Crippen LogP contribution in [0.25, 0.3) is 0 Å². The smallest absolute Gasteiger partial charge is 0.123 e. The molecule has 2 nitrogen and oxygen atoms in total. The molecule has 0 bridgehead atoms. The summed E-state index contributed by atoms with van der Waals surface area (Å²) in [5.74, 6) is -0.245. The second kappa shape index (κ2) is 3.33. The number of aliphatic hydroxyl groups excluding tert-OH is 1. The van der Waals surface area contributed by atoms with Crippen molar-refractivity contribution < 1.29 is 9.50 Å². The molecule has 0 saturated heterocycles. The van der Waals surface area contributed by atoms with Crippen molar-refractivity contribution in [2.24, 2.45) is 5.73 Å². The number of hydrogen-bond donors (Lipinski definition) is 2. The van der Waals surface area contributed by atoms with Crippen molar-refractivity contribution in [3.63, 3.8) is 0 Å². The summed E-state index contributed by atoms with van der Waals surface area (Å²) in [5.41, 5.74) is 6.49. The van der Waals surface area contributed by atoms with Gasteiger partial charge in [-0.15, -0.1) is 0 Å². The molecule has 2 rings (SSSR count). The topological polar surface area (TPSA) is 46.2 Å². The predicted octanol–water partition coefficient (Wildman–Crippen LogP) is 1.18. The number of aliphatic hydroxyl groups is 1. The molecule has 1 aromatic carbocycles. The Bertz CT molecular complexity index is 317. The summed E-state index contributed by atoms with van der Waals surface area (Å²) in [6, 6.07) is 6.49. The van der Waals surface area contributed by atoms with Gasteiger partial charge in [-0.3, -0.25) is 0 Å². The Kier molecular flexibility index (Phi) is 2.29. The molecular formula is C11H14FNO. The van der Waals surface area contributed by atoms with Gasteiger partial charge in [0.25, 0.3) is 0 Å². The van der Waals surface area contributed by atoms with Crippen molar-refractivity contribution in [1.82, 2.24) is 0 Å². The Morgan fingerprint density at radius 2 is 1.93 bits per heavy atom. The Morgan fingerprint density at radius 1 is 1.36 bits per heavy atom. The third-order valence-corrected chi connectivity index (χ3v) is 3.07. The van der Waals surface area contributed by atoms with Crippen LogP contribution in [-0.2, 0) is 5.41 Å². The Labute approximate surface area is 82.5 Å². The second-order valence-electron chi connectivity index (χ2n) is 4.11. The molecule has 0 amide bonds. The Morgan fingerprint density at radius 3 is 2.36 bits per heavy atom. The van der Waals surface area contributed by atoms with Crippen LogP contribution in [0.5, 0.6) is 0 Å². The molecule has 1 aliphatic rings. The van der Waals surface area contributed by atoms with E-state index in [2.05, 4.69) is 0 Å². The summed E-state index contributed by atoms with van der Waals surface area (Å²) in [4.78, 5) is 0. The molecule has 1 aliphatic carbocycles. The first-order chi connectivity index (χ1) is 6.66. The van der Waals surface area contributed by atoms with E-state index in [1.165, 1.54) is 12.1 Å².